The molecule has 0 aromatic rings. The maximum atomic E-state index is 8.57. The molecule has 2 atom stereocenters. The summed E-state index contributed by atoms with van der Waals surface area (Å²) < 4.78 is 10.2. The van der Waals surface area contributed by atoms with Gasteiger partial charge in [-0.2, -0.15) is 0 Å². The van der Waals surface area contributed by atoms with E-state index in [9.17, 15) is 0 Å². The quantitative estimate of drug-likeness (QED) is 0.585. The van der Waals surface area contributed by atoms with Crippen LogP contribution in [0.3, 0.4) is 0 Å². The first-order valence-electron chi connectivity index (χ1n) is 3.58. The van der Waals surface area contributed by atoms with Gasteiger partial charge in [0.1, 0.15) is 0 Å². The third-order valence-electron chi connectivity index (χ3n) is 1.08. The summed E-state index contributed by atoms with van der Waals surface area (Å²) in [5.41, 5.74) is 0. The maximum Gasteiger partial charge on any atom is 0.155 e. The second-order valence-electron chi connectivity index (χ2n) is 2.15. The van der Waals surface area contributed by atoms with Gasteiger partial charge < -0.3 is 14.6 Å². The molecule has 1 N–H and O–H groups in total. The first kappa shape index (κ1) is 9.88. The van der Waals surface area contributed by atoms with Crippen molar-refractivity contribution in [2.75, 3.05) is 13.2 Å². The average molecular weight is 148 g/mol. The first-order chi connectivity index (χ1) is 4.70. The minimum absolute atomic E-state index is 0.0391. The number of rotatable bonds is 5. The van der Waals surface area contributed by atoms with E-state index >= 15 is 0 Å². The van der Waals surface area contributed by atoms with Gasteiger partial charge >= 0.3 is 0 Å². The third kappa shape index (κ3) is 4.73. The highest BCUT2D eigenvalue weighted by atomic mass is 16.7. The van der Waals surface area contributed by atoms with Crippen LogP contribution in [0.1, 0.15) is 20.8 Å². The van der Waals surface area contributed by atoms with Gasteiger partial charge in [0.2, 0.25) is 0 Å². The summed E-state index contributed by atoms with van der Waals surface area (Å²) in [5.74, 6) is 0. The highest BCUT2D eigenvalue weighted by Crippen LogP contribution is 1.97. The molecule has 0 spiro atoms. The standard InChI is InChI=1S/C7H16O3/c1-4-9-7(3)10-6(2)5-8/h6-8H,4-5H2,1-3H3/t6-,7-/m0/s1. The molecule has 0 saturated heterocycles. The molecule has 62 valence electrons. The first-order valence-corrected chi connectivity index (χ1v) is 3.58. The summed E-state index contributed by atoms with van der Waals surface area (Å²) in [6.45, 7) is 6.20. The van der Waals surface area contributed by atoms with Crippen LogP contribution in [0.5, 0.6) is 0 Å². The van der Waals surface area contributed by atoms with Crippen molar-refractivity contribution in [3.8, 4) is 0 Å². The van der Waals surface area contributed by atoms with E-state index in [0.717, 1.165) is 0 Å². The van der Waals surface area contributed by atoms with Gasteiger partial charge in [0.05, 0.1) is 12.7 Å². The number of hydrogen-bond donors (Lipinski definition) is 1. The Bertz CT molecular complexity index is 75.3. The second-order valence-corrected chi connectivity index (χ2v) is 2.15. The molecule has 0 saturated carbocycles. The topological polar surface area (TPSA) is 38.7 Å². The lowest BCUT2D eigenvalue weighted by Crippen LogP contribution is -2.22. The second kappa shape index (κ2) is 5.65. The van der Waals surface area contributed by atoms with Crippen molar-refractivity contribution in [1.82, 2.24) is 0 Å². The SMILES string of the molecule is CCO[C@H](C)O[C@@H](C)CO. The molecule has 0 radical (unpaired) electrons. The van der Waals surface area contributed by atoms with Crippen molar-refractivity contribution in [2.24, 2.45) is 0 Å². The molecule has 0 heterocycles. The Labute approximate surface area is 62.0 Å². The van der Waals surface area contributed by atoms with Gasteiger partial charge in [0.25, 0.3) is 0 Å². The van der Waals surface area contributed by atoms with Gasteiger partial charge in [-0.05, 0) is 20.8 Å². The van der Waals surface area contributed by atoms with Crippen LogP contribution in [0.15, 0.2) is 0 Å². The summed E-state index contributed by atoms with van der Waals surface area (Å²) in [5, 5.41) is 8.57. The van der Waals surface area contributed by atoms with Gasteiger partial charge in [-0.3, -0.25) is 0 Å². The Morgan fingerprint density at radius 3 is 2.40 bits per heavy atom. The van der Waals surface area contributed by atoms with E-state index in [1.54, 1.807) is 6.92 Å². The van der Waals surface area contributed by atoms with Crippen LogP contribution in [0.4, 0.5) is 0 Å². The smallest absolute Gasteiger partial charge is 0.155 e. The number of ether oxygens (including phenoxy) is 2. The van der Waals surface area contributed by atoms with Gasteiger partial charge in [-0.15, -0.1) is 0 Å². The van der Waals surface area contributed by atoms with Gasteiger partial charge in [0, 0.05) is 6.61 Å². The summed E-state index contributed by atoms with van der Waals surface area (Å²) in [6, 6.07) is 0. The minimum Gasteiger partial charge on any atom is -0.394 e. The van der Waals surface area contributed by atoms with E-state index in [1.165, 1.54) is 0 Å². The molecule has 0 bridgehead atoms. The van der Waals surface area contributed by atoms with Crippen LogP contribution in [-0.4, -0.2) is 30.7 Å². The highest BCUT2D eigenvalue weighted by molar-refractivity contribution is 4.44. The molecule has 10 heavy (non-hydrogen) atoms. The zero-order valence-corrected chi connectivity index (χ0v) is 6.83. The molecule has 0 unspecified atom stereocenters. The van der Waals surface area contributed by atoms with Crippen LogP contribution >= 0.6 is 0 Å². The molecule has 0 aliphatic heterocycles. The van der Waals surface area contributed by atoms with E-state index in [1.807, 2.05) is 13.8 Å². The largest absolute Gasteiger partial charge is 0.394 e. The van der Waals surface area contributed by atoms with Crippen LogP contribution in [0.25, 0.3) is 0 Å². The molecular weight excluding hydrogens is 132 g/mol. The molecule has 0 aromatic carbocycles. The normalized spacial score (nSPS) is 16.8. The van der Waals surface area contributed by atoms with E-state index in [0.29, 0.717) is 6.61 Å². The lowest BCUT2D eigenvalue weighted by atomic mass is 10.4. The molecular formula is C7H16O3. The van der Waals surface area contributed by atoms with Gasteiger partial charge in [0.15, 0.2) is 6.29 Å². The fraction of sp³-hybridized carbons (Fsp3) is 1.00. The van der Waals surface area contributed by atoms with Crippen LogP contribution in [0.2, 0.25) is 0 Å². The van der Waals surface area contributed by atoms with E-state index in [-0.39, 0.29) is 19.0 Å². The molecule has 3 nitrogen and oxygen atoms in total. The van der Waals surface area contributed by atoms with Crippen LogP contribution in [0, 0.1) is 0 Å². The Hall–Kier alpha value is -0.120. The van der Waals surface area contributed by atoms with Crippen molar-refractivity contribution in [3.63, 3.8) is 0 Å². The molecule has 0 amide bonds. The Balaban J connectivity index is 3.27. The average Bonchev–Trinajstić information content (AvgIpc) is 1.88. The fourth-order valence-electron chi connectivity index (χ4n) is 0.644. The lowest BCUT2D eigenvalue weighted by Gasteiger charge is -2.16. The fourth-order valence-corrected chi connectivity index (χ4v) is 0.644. The number of hydrogen-bond acceptors (Lipinski definition) is 3. The molecule has 0 aliphatic rings. The van der Waals surface area contributed by atoms with E-state index in [2.05, 4.69) is 0 Å². The predicted octanol–water partition coefficient (Wildman–Crippen LogP) is 0.766. The van der Waals surface area contributed by atoms with Gasteiger partial charge in [-0.1, -0.05) is 0 Å². The Kier molecular flexibility index (Phi) is 5.58. The molecule has 0 aromatic heterocycles. The lowest BCUT2D eigenvalue weighted by molar-refractivity contribution is -0.160. The summed E-state index contributed by atoms with van der Waals surface area (Å²) in [6.07, 6.45) is -0.353. The molecule has 0 fully saturated rings. The Morgan fingerprint density at radius 2 is 2.00 bits per heavy atom. The van der Waals surface area contributed by atoms with Gasteiger partial charge in [-0.25, -0.2) is 0 Å². The van der Waals surface area contributed by atoms with Crippen LogP contribution in [-0.2, 0) is 9.47 Å². The minimum atomic E-state index is -0.216. The van der Waals surface area contributed by atoms with E-state index < -0.39 is 0 Å². The van der Waals surface area contributed by atoms with Crippen LogP contribution < -0.4 is 0 Å². The zero-order chi connectivity index (χ0) is 7.98. The number of aliphatic hydroxyl groups is 1. The van der Waals surface area contributed by atoms with Crippen molar-refractivity contribution in [2.45, 2.75) is 33.2 Å². The molecule has 0 aliphatic carbocycles. The zero-order valence-electron chi connectivity index (χ0n) is 6.83. The van der Waals surface area contributed by atoms with Crippen molar-refractivity contribution >= 4 is 0 Å². The Morgan fingerprint density at radius 1 is 1.40 bits per heavy atom. The maximum absolute atomic E-state index is 8.57. The summed E-state index contributed by atoms with van der Waals surface area (Å²) in [4.78, 5) is 0. The third-order valence-corrected chi connectivity index (χ3v) is 1.08. The molecule has 3 heteroatoms. The number of aliphatic hydroxyl groups excluding tert-OH is 1. The molecule has 0 rings (SSSR count). The van der Waals surface area contributed by atoms with Crippen molar-refractivity contribution in [1.29, 1.82) is 0 Å². The summed E-state index contributed by atoms with van der Waals surface area (Å²) >= 11 is 0. The van der Waals surface area contributed by atoms with Crippen molar-refractivity contribution in [3.05, 3.63) is 0 Å². The monoisotopic (exact) mass is 148 g/mol. The summed E-state index contributed by atoms with van der Waals surface area (Å²) in [7, 11) is 0. The van der Waals surface area contributed by atoms with Crippen molar-refractivity contribution < 1.29 is 14.6 Å². The highest BCUT2D eigenvalue weighted by Gasteiger charge is 2.05. The predicted molar refractivity (Wildman–Crippen MR) is 38.7 cm³/mol. The van der Waals surface area contributed by atoms with E-state index in [4.69, 9.17) is 14.6 Å².